The van der Waals surface area contributed by atoms with Crippen molar-refractivity contribution in [2.45, 2.75) is 0 Å². The number of fused-ring (bicyclic) bond motifs is 1. The Morgan fingerprint density at radius 2 is 1.94 bits per heavy atom. The maximum atomic E-state index is 12.8. The zero-order chi connectivity index (χ0) is 22.8. The molecular formula is C20H16N7O4S-. The highest BCUT2D eigenvalue weighted by molar-refractivity contribution is 7.71. The molecular weight excluding hydrogens is 434 g/mol. The molecule has 0 bridgehead atoms. The predicted molar refractivity (Wildman–Crippen MR) is 122 cm³/mol. The normalized spacial score (nSPS) is 11.5. The summed E-state index contributed by atoms with van der Waals surface area (Å²) in [6.07, 6.45) is 1.53. The fraction of sp³-hybridized carbons (Fsp3) is 0. The highest BCUT2D eigenvalue weighted by atomic mass is 32.1. The van der Waals surface area contributed by atoms with E-state index in [0.717, 1.165) is 0 Å². The Hall–Kier alpha value is -4.26. The number of nitrogens with two attached hydrogens (primary N) is 1. The number of anilines is 2. The van der Waals surface area contributed by atoms with Gasteiger partial charge in [0, 0.05) is 11.3 Å². The quantitative estimate of drug-likeness (QED) is 0.152. The van der Waals surface area contributed by atoms with Gasteiger partial charge in [0.25, 0.3) is 11.5 Å². The third-order valence-corrected chi connectivity index (χ3v) is 4.67. The number of carbonyl (C=O) groups excluding carboxylic acids is 1. The molecule has 0 atom stereocenters. The van der Waals surface area contributed by atoms with E-state index in [1.54, 1.807) is 36.4 Å². The van der Waals surface area contributed by atoms with Gasteiger partial charge in [0.15, 0.2) is 16.2 Å². The molecule has 0 aliphatic rings. The smallest absolute Gasteiger partial charge is 0.277 e. The highest BCUT2D eigenvalue weighted by Gasteiger charge is 2.15. The summed E-state index contributed by atoms with van der Waals surface area (Å²) in [7, 11) is 0. The molecule has 11 nitrogen and oxygen atoms in total. The molecule has 0 unspecified atom stereocenters. The number of rotatable bonds is 5. The molecule has 0 spiro atoms. The summed E-state index contributed by atoms with van der Waals surface area (Å²) < 4.78 is 0.100. The van der Waals surface area contributed by atoms with Crippen LogP contribution in [-0.2, 0) is 0 Å². The third kappa shape index (κ3) is 4.41. The molecule has 0 radical (unpaired) electrons. The van der Waals surface area contributed by atoms with Gasteiger partial charge in [-0.05, 0) is 60.3 Å². The van der Waals surface area contributed by atoms with Crippen molar-refractivity contribution in [1.29, 1.82) is 0 Å². The second-order valence-electron chi connectivity index (χ2n) is 6.72. The van der Waals surface area contributed by atoms with Gasteiger partial charge in [-0.1, -0.05) is 12.1 Å². The second-order valence-corrected chi connectivity index (χ2v) is 7.13. The monoisotopic (exact) mass is 450 g/mol. The Morgan fingerprint density at radius 3 is 2.66 bits per heavy atom. The second kappa shape index (κ2) is 8.47. The fourth-order valence-corrected chi connectivity index (χ4v) is 3.14. The summed E-state index contributed by atoms with van der Waals surface area (Å²) in [5, 5.41) is 22.9. The van der Waals surface area contributed by atoms with E-state index in [9.17, 15) is 20.0 Å². The van der Waals surface area contributed by atoms with Crippen molar-refractivity contribution >= 4 is 52.4 Å². The summed E-state index contributed by atoms with van der Waals surface area (Å²) in [6, 6.07) is 12.3. The molecule has 0 fully saturated rings. The van der Waals surface area contributed by atoms with E-state index in [1.807, 2.05) is 0 Å². The summed E-state index contributed by atoms with van der Waals surface area (Å²) in [6.45, 7) is 0. The SMILES string of the molecule is Nc1ccc(C(=O)N/C(=C\c2cccc(N([O-])O)c2)c2nc3[nH]c(=S)[nH]c(=O)c3[nH]2)cc1. The Kier molecular flexibility index (Phi) is 5.55. The molecule has 0 saturated carbocycles. The number of aromatic amines is 3. The number of nitrogens with zero attached hydrogens (tertiary/aromatic N) is 2. The van der Waals surface area contributed by atoms with Crippen LogP contribution in [0.15, 0.2) is 53.3 Å². The summed E-state index contributed by atoms with van der Waals surface area (Å²) >= 11 is 4.97. The summed E-state index contributed by atoms with van der Waals surface area (Å²) in [5.74, 6) is -0.290. The lowest BCUT2D eigenvalue weighted by atomic mass is 10.1. The molecule has 0 aliphatic heterocycles. The van der Waals surface area contributed by atoms with Crippen LogP contribution in [0, 0.1) is 9.98 Å². The first-order valence-electron chi connectivity index (χ1n) is 9.17. The van der Waals surface area contributed by atoms with Crippen LogP contribution in [0.4, 0.5) is 11.4 Å². The van der Waals surface area contributed by atoms with Gasteiger partial charge in [0.1, 0.15) is 5.52 Å². The minimum absolute atomic E-state index is 0.00639. The van der Waals surface area contributed by atoms with Crippen molar-refractivity contribution in [3.8, 4) is 0 Å². The van der Waals surface area contributed by atoms with Crippen LogP contribution >= 0.6 is 12.2 Å². The van der Waals surface area contributed by atoms with Crippen LogP contribution in [0.1, 0.15) is 21.7 Å². The van der Waals surface area contributed by atoms with E-state index < -0.39 is 11.5 Å². The molecule has 2 aromatic heterocycles. The number of hydrogen-bond acceptors (Lipinski definition) is 8. The topological polar surface area (TPSA) is 179 Å². The van der Waals surface area contributed by atoms with Crippen molar-refractivity contribution in [2.75, 3.05) is 11.0 Å². The van der Waals surface area contributed by atoms with Crippen molar-refractivity contribution in [3.63, 3.8) is 0 Å². The number of hydrogen-bond donors (Lipinski definition) is 6. The van der Waals surface area contributed by atoms with Crippen molar-refractivity contribution < 1.29 is 10.0 Å². The first kappa shape index (κ1) is 21.0. The molecule has 4 rings (SSSR count). The van der Waals surface area contributed by atoms with Crippen LogP contribution in [-0.4, -0.2) is 31.1 Å². The maximum Gasteiger partial charge on any atom is 0.277 e. The van der Waals surface area contributed by atoms with Gasteiger partial charge in [-0.2, -0.15) is 0 Å². The first-order chi connectivity index (χ1) is 15.3. The van der Waals surface area contributed by atoms with Crippen molar-refractivity contribution in [1.82, 2.24) is 25.3 Å². The minimum Gasteiger partial charge on any atom is -0.733 e. The van der Waals surface area contributed by atoms with Crippen LogP contribution in [0.5, 0.6) is 0 Å². The van der Waals surface area contributed by atoms with Gasteiger partial charge >= 0.3 is 0 Å². The van der Waals surface area contributed by atoms with E-state index in [-0.39, 0.29) is 38.4 Å². The van der Waals surface area contributed by atoms with E-state index >= 15 is 0 Å². The number of imidazole rings is 1. The van der Waals surface area contributed by atoms with Crippen LogP contribution in [0.25, 0.3) is 22.9 Å². The van der Waals surface area contributed by atoms with Crippen LogP contribution in [0.2, 0.25) is 0 Å². The Balaban J connectivity index is 1.81. The Labute approximate surface area is 184 Å². The maximum absolute atomic E-state index is 12.8. The van der Waals surface area contributed by atoms with E-state index in [2.05, 4.69) is 25.3 Å². The molecule has 12 heteroatoms. The fourth-order valence-electron chi connectivity index (χ4n) is 2.95. The number of benzene rings is 2. The largest absolute Gasteiger partial charge is 0.733 e. The van der Waals surface area contributed by atoms with Crippen molar-refractivity contribution in [3.05, 3.63) is 85.8 Å². The number of aromatic nitrogens is 4. The highest BCUT2D eigenvalue weighted by Crippen LogP contribution is 2.20. The minimum atomic E-state index is -0.476. The standard InChI is InChI=1S/C20H16N7O4S/c21-12-6-4-11(5-7-12)18(28)22-14(9-10-2-1-3-13(8-10)27(30)31)16-23-15-17(24-16)25-20(32)26-19(15)29/h1-9,30H,21H2,(H,22,28)(H3,23,24,25,26,29,32)/q-1/b14-9-. The van der Waals surface area contributed by atoms with E-state index in [0.29, 0.717) is 16.8 Å². The lowest BCUT2D eigenvalue weighted by Crippen LogP contribution is -2.22. The molecule has 0 saturated heterocycles. The van der Waals surface area contributed by atoms with Crippen LogP contribution in [0.3, 0.4) is 0 Å². The van der Waals surface area contributed by atoms with E-state index in [1.165, 1.54) is 18.2 Å². The van der Waals surface area contributed by atoms with Gasteiger partial charge in [0.2, 0.25) is 0 Å². The van der Waals surface area contributed by atoms with Gasteiger partial charge in [-0.25, -0.2) is 4.98 Å². The van der Waals surface area contributed by atoms with Gasteiger partial charge in [-0.15, -0.1) is 0 Å². The average Bonchev–Trinajstić information content (AvgIpc) is 3.18. The summed E-state index contributed by atoms with van der Waals surface area (Å²) in [4.78, 5) is 37.4. The first-order valence-corrected chi connectivity index (χ1v) is 9.58. The molecule has 0 aliphatic carbocycles. The Bertz CT molecular complexity index is 1450. The lowest BCUT2D eigenvalue weighted by molar-refractivity contribution is 0.0973. The van der Waals surface area contributed by atoms with Crippen molar-refractivity contribution in [2.24, 2.45) is 0 Å². The zero-order valence-electron chi connectivity index (χ0n) is 16.2. The van der Waals surface area contributed by atoms with Crippen LogP contribution < -0.4 is 21.8 Å². The average molecular weight is 450 g/mol. The van der Waals surface area contributed by atoms with Gasteiger partial charge in [0.05, 0.1) is 11.4 Å². The summed E-state index contributed by atoms with van der Waals surface area (Å²) in [5.41, 5.74) is 7.06. The molecule has 162 valence electrons. The number of nitrogen functional groups attached to an aromatic ring is 1. The molecule has 4 aromatic rings. The number of carbonyl (C=O) groups is 1. The van der Waals surface area contributed by atoms with Gasteiger partial charge < -0.3 is 31.5 Å². The molecule has 2 heterocycles. The lowest BCUT2D eigenvalue weighted by Gasteiger charge is -2.21. The molecule has 1 amide bonds. The number of H-pyrrole nitrogens is 3. The zero-order valence-corrected chi connectivity index (χ0v) is 17.1. The van der Waals surface area contributed by atoms with E-state index in [4.69, 9.17) is 18.0 Å². The Morgan fingerprint density at radius 1 is 1.19 bits per heavy atom. The number of amides is 1. The third-order valence-electron chi connectivity index (χ3n) is 4.47. The van der Waals surface area contributed by atoms with Gasteiger partial charge in [-0.3, -0.25) is 19.8 Å². The number of nitrogens with one attached hydrogen (secondary N) is 4. The molecule has 7 N–H and O–H groups in total. The molecule has 32 heavy (non-hydrogen) atoms. The molecule has 2 aromatic carbocycles. The predicted octanol–water partition coefficient (Wildman–Crippen LogP) is 2.51.